The van der Waals surface area contributed by atoms with Gasteiger partial charge >= 0.3 is 0 Å². The Labute approximate surface area is 193 Å². The van der Waals surface area contributed by atoms with E-state index in [9.17, 15) is 9.59 Å². The highest BCUT2D eigenvalue weighted by Crippen LogP contribution is 2.28. The van der Waals surface area contributed by atoms with Gasteiger partial charge in [0.1, 0.15) is 16.7 Å². The van der Waals surface area contributed by atoms with Gasteiger partial charge in [-0.1, -0.05) is 43.4 Å². The Kier molecular flexibility index (Phi) is 8.72. The fraction of sp³-hybridized carbons (Fsp3) is 0.522. The first-order valence-corrected chi connectivity index (χ1v) is 12.0. The SMILES string of the molecule is COc1ccc(NCCNC(=O)C(CC2CCCCC2)NC(=O)c2sc(N)nc2C)cc1. The van der Waals surface area contributed by atoms with E-state index in [1.807, 2.05) is 24.3 Å². The van der Waals surface area contributed by atoms with Gasteiger partial charge in [0.2, 0.25) is 5.91 Å². The van der Waals surface area contributed by atoms with E-state index in [-0.39, 0.29) is 11.8 Å². The third kappa shape index (κ3) is 6.85. The number of nitrogens with zero attached hydrogens (tertiary/aromatic N) is 1. The Balaban J connectivity index is 1.55. The van der Waals surface area contributed by atoms with Crippen molar-refractivity contribution in [3.05, 3.63) is 34.8 Å². The molecule has 3 rings (SSSR count). The lowest BCUT2D eigenvalue weighted by atomic mass is 9.84. The molecule has 9 heteroatoms. The Hall–Kier alpha value is -2.81. The van der Waals surface area contributed by atoms with E-state index in [1.165, 1.54) is 19.3 Å². The van der Waals surface area contributed by atoms with Gasteiger partial charge in [-0.25, -0.2) is 4.98 Å². The molecule has 2 amide bonds. The molecule has 1 aliphatic rings. The van der Waals surface area contributed by atoms with Gasteiger partial charge in [-0.3, -0.25) is 9.59 Å². The number of anilines is 2. The third-order valence-electron chi connectivity index (χ3n) is 5.78. The van der Waals surface area contributed by atoms with Crippen molar-refractivity contribution in [2.45, 2.75) is 51.5 Å². The van der Waals surface area contributed by atoms with Crippen LogP contribution in [0.4, 0.5) is 10.8 Å². The lowest BCUT2D eigenvalue weighted by Gasteiger charge is -2.26. The van der Waals surface area contributed by atoms with Gasteiger partial charge in [0.15, 0.2) is 5.13 Å². The molecule has 1 saturated carbocycles. The number of benzene rings is 1. The number of carbonyl (C=O) groups excluding carboxylic acids is 2. The van der Waals surface area contributed by atoms with E-state index in [2.05, 4.69) is 20.9 Å². The van der Waals surface area contributed by atoms with Gasteiger partial charge in [-0.2, -0.15) is 0 Å². The second-order valence-corrected chi connectivity index (χ2v) is 9.21. The molecule has 174 valence electrons. The molecule has 0 spiro atoms. The van der Waals surface area contributed by atoms with E-state index in [0.717, 1.165) is 35.6 Å². The van der Waals surface area contributed by atoms with Crippen LogP contribution < -0.4 is 26.4 Å². The number of aryl methyl sites for hydroxylation is 1. The summed E-state index contributed by atoms with van der Waals surface area (Å²) < 4.78 is 5.16. The molecule has 0 aliphatic heterocycles. The summed E-state index contributed by atoms with van der Waals surface area (Å²) in [5.74, 6) is 0.799. The average molecular weight is 460 g/mol. The first kappa shape index (κ1) is 23.8. The van der Waals surface area contributed by atoms with Crippen molar-refractivity contribution in [3.8, 4) is 5.75 Å². The number of aromatic nitrogens is 1. The Morgan fingerprint density at radius 2 is 1.91 bits per heavy atom. The van der Waals surface area contributed by atoms with Crippen LogP contribution in [-0.2, 0) is 4.79 Å². The quantitative estimate of drug-likeness (QED) is 0.405. The molecule has 0 bridgehead atoms. The van der Waals surface area contributed by atoms with Crippen LogP contribution in [0.25, 0.3) is 0 Å². The van der Waals surface area contributed by atoms with Crippen molar-refractivity contribution in [1.29, 1.82) is 0 Å². The number of carbonyl (C=O) groups is 2. The number of ether oxygens (including phenoxy) is 1. The molecule has 2 aromatic rings. The number of nitrogens with two attached hydrogens (primary N) is 1. The molecule has 1 heterocycles. The van der Waals surface area contributed by atoms with E-state index < -0.39 is 6.04 Å². The number of thiazole rings is 1. The minimum Gasteiger partial charge on any atom is -0.497 e. The molecular formula is C23H33N5O3S. The summed E-state index contributed by atoms with van der Waals surface area (Å²) >= 11 is 1.15. The predicted molar refractivity (Wildman–Crippen MR) is 128 cm³/mol. The van der Waals surface area contributed by atoms with Gasteiger partial charge in [0, 0.05) is 18.8 Å². The van der Waals surface area contributed by atoms with E-state index in [0.29, 0.717) is 41.1 Å². The molecule has 0 radical (unpaired) electrons. The van der Waals surface area contributed by atoms with Gasteiger partial charge in [-0.15, -0.1) is 0 Å². The molecular weight excluding hydrogens is 426 g/mol. The summed E-state index contributed by atoms with van der Waals surface area (Å²) in [5.41, 5.74) is 7.27. The summed E-state index contributed by atoms with van der Waals surface area (Å²) in [4.78, 5) is 30.3. The van der Waals surface area contributed by atoms with Crippen LogP contribution in [0, 0.1) is 12.8 Å². The van der Waals surface area contributed by atoms with Crippen molar-refractivity contribution in [3.63, 3.8) is 0 Å². The third-order valence-corrected chi connectivity index (χ3v) is 6.76. The summed E-state index contributed by atoms with van der Waals surface area (Å²) in [6.45, 7) is 2.78. The molecule has 32 heavy (non-hydrogen) atoms. The number of hydrogen-bond acceptors (Lipinski definition) is 7. The maximum Gasteiger partial charge on any atom is 0.264 e. The van der Waals surface area contributed by atoms with Crippen LogP contribution in [-0.4, -0.2) is 43.0 Å². The topological polar surface area (TPSA) is 118 Å². The van der Waals surface area contributed by atoms with Crippen LogP contribution in [0.2, 0.25) is 0 Å². The molecule has 1 atom stereocenters. The molecule has 5 N–H and O–H groups in total. The van der Waals surface area contributed by atoms with E-state index in [1.54, 1.807) is 14.0 Å². The normalized spacial score (nSPS) is 15.1. The Morgan fingerprint density at radius 1 is 1.19 bits per heavy atom. The molecule has 1 unspecified atom stereocenters. The maximum atomic E-state index is 13.0. The van der Waals surface area contributed by atoms with Crippen molar-refractivity contribution in [2.24, 2.45) is 5.92 Å². The second kappa shape index (κ2) is 11.7. The largest absolute Gasteiger partial charge is 0.497 e. The van der Waals surface area contributed by atoms with E-state index in [4.69, 9.17) is 10.5 Å². The molecule has 1 aliphatic carbocycles. The van der Waals surface area contributed by atoms with Gasteiger partial charge in [0.25, 0.3) is 5.91 Å². The van der Waals surface area contributed by atoms with Crippen LogP contribution in [0.15, 0.2) is 24.3 Å². The molecule has 1 aromatic heterocycles. The summed E-state index contributed by atoms with van der Waals surface area (Å²) in [7, 11) is 1.63. The lowest BCUT2D eigenvalue weighted by Crippen LogP contribution is -2.48. The van der Waals surface area contributed by atoms with Crippen LogP contribution in [0.1, 0.15) is 53.9 Å². The average Bonchev–Trinajstić information content (AvgIpc) is 3.15. The number of methoxy groups -OCH3 is 1. The first-order valence-electron chi connectivity index (χ1n) is 11.2. The van der Waals surface area contributed by atoms with Gasteiger partial charge in [-0.05, 0) is 43.5 Å². The zero-order valence-electron chi connectivity index (χ0n) is 18.8. The van der Waals surface area contributed by atoms with Crippen LogP contribution in [0.3, 0.4) is 0 Å². The summed E-state index contributed by atoms with van der Waals surface area (Å²) in [6.07, 6.45) is 6.47. The fourth-order valence-corrected chi connectivity index (χ4v) is 4.80. The summed E-state index contributed by atoms with van der Waals surface area (Å²) in [5, 5.41) is 9.52. The maximum absolute atomic E-state index is 13.0. The predicted octanol–water partition coefficient (Wildman–Crippen LogP) is 3.34. The first-order chi connectivity index (χ1) is 15.5. The second-order valence-electron chi connectivity index (χ2n) is 8.18. The smallest absolute Gasteiger partial charge is 0.264 e. The van der Waals surface area contributed by atoms with Gasteiger partial charge in [0.05, 0.1) is 12.8 Å². The van der Waals surface area contributed by atoms with Crippen molar-refractivity contribution in [1.82, 2.24) is 15.6 Å². The van der Waals surface area contributed by atoms with Crippen LogP contribution in [0.5, 0.6) is 5.75 Å². The van der Waals surface area contributed by atoms with Crippen molar-refractivity contribution >= 4 is 34.0 Å². The minimum atomic E-state index is -0.575. The summed E-state index contributed by atoms with van der Waals surface area (Å²) in [6, 6.07) is 7.04. The number of hydrogen-bond donors (Lipinski definition) is 4. The number of nitrogen functional groups attached to an aromatic ring is 1. The zero-order valence-corrected chi connectivity index (χ0v) is 19.6. The highest BCUT2D eigenvalue weighted by atomic mass is 32.1. The van der Waals surface area contributed by atoms with Gasteiger partial charge < -0.3 is 26.4 Å². The van der Waals surface area contributed by atoms with Crippen molar-refractivity contribution < 1.29 is 14.3 Å². The number of amides is 2. The Bertz CT molecular complexity index is 894. The monoisotopic (exact) mass is 459 g/mol. The van der Waals surface area contributed by atoms with E-state index >= 15 is 0 Å². The van der Waals surface area contributed by atoms with Crippen LogP contribution >= 0.6 is 11.3 Å². The molecule has 1 fully saturated rings. The lowest BCUT2D eigenvalue weighted by molar-refractivity contribution is -0.123. The number of nitrogens with one attached hydrogen (secondary N) is 3. The standard InChI is InChI=1S/C23H33N5O3S/c1-15-20(32-23(24)27-15)22(30)28-19(14-16-6-4-3-5-7-16)21(29)26-13-12-25-17-8-10-18(31-2)11-9-17/h8-11,16,19,25H,3-7,12-14H2,1-2H3,(H2,24,27)(H,26,29)(H,28,30). The molecule has 1 aromatic carbocycles. The number of rotatable bonds is 10. The molecule has 0 saturated heterocycles. The minimum absolute atomic E-state index is 0.157. The van der Waals surface area contributed by atoms with Crippen molar-refractivity contribution in [2.75, 3.05) is 31.2 Å². The fourth-order valence-electron chi connectivity index (χ4n) is 4.06. The molecule has 8 nitrogen and oxygen atoms in total. The highest BCUT2D eigenvalue weighted by molar-refractivity contribution is 7.17. The zero-order chi connectivity index (χ0) is 22.9. The Morgan fingerprint density at radius 3 is 2.53 bits per heavy atom. The highest BCUT2D eigenvalue weighted by Gasteiger charge is 2.27.